The molecular weight excluding hydrogens is 371 g/mol. The van der Waals surface area contributed by atoms with Crippen molar-refractivity contribution in [1.29, 1.82) is 0 Å². The fraction of sp³-hybridized carbons (Fsp3) is 0.0714. The van der Waals surface area contributed by atoms with Gasteiger partial charge in [0, 0.05) is 5.56 Å². The summed E-state index contributed by atoms with van der Waals surface area (Å²) in [6.45, 7) is 0.220. The maximum Gasteiger partial charge on any atom is 0.129 e. The molecule has 0 amide bonds. The van der Waals surface area contributed by atoms with E-state index >= 15 is 0 Å². The van der Waals surface area contributed by atoms with Crippen LogP contribution in [0.25, 0.3) is 21.5 Å². The lowest BCUT2D eigenvalue weighted by atomic mass is 9.97. The lowest BCUT2D eigenvalue weighted by molar-refractivity contribution is 0.300. The zero-order valence-electron chi connectivity index (χ0n) is 16.5. The molecule has 30 heavy (non-hydrogen) atoms. The normalized spacial score (nSPS) is 11.1. The summed E-state index contributed by atoms with van der Waals surface area (Å²) in [5, 5.41) is 4.86. The Hall–Kier alpha value is -3.65. The Kier molecular flexibility index (Phi) is 4.90. The highest BCUT2D eigenvalue weighted by atomic mass is 19.1. The molecule has 0 spiro atoms. The molecule has 0 atom stereocenters. The number of halogens is 1. The number of hydrogen-bond donors (Lipinski definition) is 0. The third-order valence-electron chi connectivity index (χ3n) is 5.50. The highest BCUT2D eigenvalue weighted by molar-refractivity contribution is 5.87. The highest BCUT2D eigenvalue weighted by Crippen LogP contribution is 2.26. The Morgan fingerprint density at radius 1 is 0.600 bits per heavy atom. The summed E-state index contributed by atoms with van der Waals surface area (Å²) < 4.78 is 19.6. The molecule has 5 aromatic rings. The molecule has 0 heterocycles. The van der Waals surface area contributed by atoms with E-state index in [2.05, 4.69) is 66.7 Å². The second kappa shape index (κ2) is 8.00. The van der Waals surface area contributed by atoms with E-state index in [0.717, 1.165) is 17.6 Å². The molecule has 0 unspecified atom stereocenters. The van der Waals surface area contributed by atoms with Gasteiger partial charge < -0.3 is 4.74 Å². The topological polar surface area (TPSA) is 9.23 Å². The van der Waals surface area contributed by atoms with Gasteiger partial charge in [-0.05, 0) is 57.3 Å². The van der Waals surface area contributed by atoms with Crippen LogP contribution in [0.4, 0.5) is 4.39 Å². The molecule has 0 fully saturated rings. The molecule has 0 saturated heterocycles. The van der Waals surface area contributed by atoms with Gasteiger partial charge in [-0.1, -0.05) is 84.9 Å². The third-order valence-corrected chi connectivity index (χ3v) is 5.50. The Balaban J connectivity index is 1.37. The molecule has 0 aliphatic heterocycles. The monoisotopic (exact) mass is 392 g/mol. The Bertz CT molecular complexity index is 1330. The van der Waals surface area contributed by atoms with Gasteiger partial charge in [0.2, 0.25) is 0 Å². The predicted molar refractivity (Wildman–Crippen MR) is 121 cm³/mol. The lowest BCUT2D eigenvalue weighted by Gasteiger charge is -2.10. The summed E-state index contributed by atoms with van der Waals surface area (Å²) in [6, 6.07) is 34.3. The van der Waals surface area contributed by atoms with Crippen LogP contribution in [-0.4, -0.2) is 0 Å². The molecule has 5 rings (SSSR count). The number of rotatable bonds is 5. The first kappa shape index (κ1) is 18.4. The lowest BCUT2D eigenvalue weighted by Crippen LogP contribution is -1.98. The van der Waals surface area contributed by atoms with Gasteiger partial charge in [-0.2, -0.15) is 0 Å². The van der Waals surface area contributed by atoms with Gasteiger partial charge in [0.25, 0.3) is 0 Å². The molecule has 2 heteroatoms. The zero-order chi connectivity index (χ0) is 20.3. The SMILES string of the molecule is Fc1ccccc1COc1ccc2cc(Cc3cccc4ccccc34)ccc2c1. The van der Waals surface area contributed by atoms with Crippen LogP contribution in [-0.2, 0) is 13.0 Å². The van der Waals surface area contributed by atoms with Gasteiger partial charge in [-0.3, -0.25) is 0 Å². The van der Waals surface area contributed by atoms with Crippen molar-refractivity contribution >= 4 is 21.5 Å². The molecule has 0 N–H and O–H groups in total. The maximum atomic E-state index is 13.8. The molecule has 1 nitrogen and oxygen atoms in total. The third kappa shape index (κ3) is 3.77. The highest BCUT2D eigenvalue weighted by Gasteiger charge is 2.05. The van der Waals surface area contributed by atoms with Crippen molar-refractivity contribution in [3.8, 4) is 5.75 Å². The zero-order valence-corrected chi connectivity index (χ0v) is 16.5. The Labute approximate surface area is 175 Å². The molecule has 0 aliphatic rings. The fourth-order valence-electron chi connectivity index (χ4n) is 3.92. The summed E-state index contributed by atoms with van der Waals surface area (Å²) in [5.74, 6) is 0.504. The van der Waals surface area contributed by atoms with Crippen molar-refractivity contribution in [2.75, 3.05) is 0 Å². The van der Waals surface area contributed by atoms with Crippen LogP contribution in [0.3, 0.4) is 0 Å². The van der Waals surface area contributed by atoms with Gasteiger partial charge >= 0.3 is 0 Å². The minimum Gasteiger partial charge on any atom is -0.489 e. The van der Waals surface area contributed by atoms with E-state index in [1.807, 2.05) is 18.2 Å². The van der Waals surface area contributed by atoms with Crippen LogP contribution in [0, 0.1) is 5.82 Å². The summed E-state index contributed by atoms with van der Waals surface area (Å²) in [6.07, 6.45) is 0.892. The molecule has 0 saturated carbocycles. The summed E-state index contributed by atoms with van der Waals surface area (Å²) in [7, 11) is 0. The van der Waals surface area contributed by atoms with Crippen LogP contribution >= 0.6 is 0 Å². The first-order valence-electron chi connectivity index (χ1n) is 10.1. The Morgan fingerprint density at radius 3 is 2.27 bits per heavy atom. The van der Waals surface area contributed by atoms with Crippen molar-refractivity contribution in [2.24, 2.45) is 0 Å². The first-order chi connectivity index (χ1) is 14.8. The Morgan fingerprint density at radius 2 is 1.33 bits per heavy atom. The van der Waals surface area contributed by atoms with Crippen molar-refractivity contribution in [2.45, 2.75) is 13.0 Å². The van der Waals surface area contributed by atoms with Crippen molar-refractivity contribution in [1.82, 2.24) is 0 Å². The average molecular weight is 392 g/mol. The second-order valence-corrected chi connectivity index (χ2v) is 7.54. The average Bonchev–Trinajstić information content (AvgIpc) is 2.79. The molecule has 0 bridgehead atoms. The van der Waals surface area contributed by atoms with Gasteiger partial charge in [0.1, 0.15) is 18.2 Å². The number of benzene rings is 5. The molecular formula is C28H21FO. The minimum absolute atomic E-state index is 0.220. The van der Waals surface area contributed by atoms with E-state index < -0.39 is 0 Å². The molecule has 0 aromatic heterocycles. The van der Waals surface area contributed by atoms with E-state index in [9.17, 15) is 4.39 Å². The van der Waals surface area contributed by atoms with E-state index in [0.29, 0.717) is 5.56 Å². The van der Waals surface area contributed by atoms with Crippen LogP contribution in [0.1, 0.15) is 16.7 Å². The number of fused-ring (bicyclic) bond motifs is 2. The summed E-state index contributed by atoms with van der Waals surface area (Å²) in [5.41, 5.74) is 3.17. The van der Waals surface area contributed by atoms with Gasteiger partial charge in [-0.25, -0.2) is 4.39 Å². The van der Waals surface area contributed by atoms with E-state index in [-0.39, 0.29) is 12.4 Å². The van der Waals surface area contributed by atoms with Gasteiger partial charge in [0.15, 0.2) is 0 Å². The molecule has 146 valence electrons. The van der Waals surface area contributed by atoms with E-state index in [4.69, 9.17) is 4.74 Å². The maximum absolute atomic E-state index is 13.8. The van der Waals surface area contributed by atoms with Crippen molar-refractivity contribution < 1.29 is 9.13 Å². The largest absolute Gasteiger partial charge is 0.489 e. The van der Waals surface area contributed by atoms with Crippen molar-refractivity contribution in [3.63, 3.8) is 0 Å². The smallest absolute Gasteiger partial charge is 0.129 e. The fourth-order valence-corrected chi connectivity index (χ4v) is 3.92. The quantitative estimate of drug-likeness (QED) is 0.305. The molecule has 0 aliphatic carbocycles. The molecule has 0 radical (unpaired) electrons. The van der Waals surface area contributed by atoms with Crippen LogP contribution in [0.5, 0.6) is 5.75 Å². The number of hydrogen-bond acceptors (Lipinski definition) is 1. The van der Waals surface area contributed by atoms with Crippen LogP contribution in [0.2, 0.25) is 0 Å². The minimum atomic E-state index is -0.239. The molecule has 5 aromatic carbocycles. The first-order valence-corrected chi connectivity index (χ1v) is 10.1. The standard InChI is InChI=1S/C28H21FO/c29-28-11-4-2-7-25(28)19-30-26-15-14-22-16-20(12-13-23(22)18-26)17-24-9-5-8-21-6-1-3-10-27(21)24/h1-16,18H,17,19H2. The van der Waals surface area contributed by atoms with Crippen LogP contribution < -0.4 is 4.74 Å². The van der Waals surface area contributed by atoms with E-state index in [1.165, 1.54) is 33.4 Å². The van der Waals surface area contributed by atoms with E-state index in [1.54, 1.807) is 12.1 Å². The summed E-state index contributed by atoms with van der Waals surface area (Å²) in [4.78, 5) is 0. The predicted octanol–water partition coefficient (Wildman–Crippen LogP) is 7.30. The summed E-state index contributed by atoms with van der Waals surface area (Å²) >= 11 is 0. The van der Waals surface area contributed by atoms with Crippen molar-refractivity contribution in [3.05, 3.63) is 126 Å². The van der Waals surface area contributed by atoms with Gasteiger partial charge in [-0.15, -0.1) is 0 Å². The van der Waals surface area contributed by atoms with Gasteiger partial charge in [0.05, 0.1) is 0 Å². The second-order valence-electron chi connectivity index (χ2n) is 7.54. The number of ether oxygens (including phenoxy) is 1. The van der Waals surface area contributed by atoms with Crippen LogP contribution in [0.15, 0.2) is 103 Å².